The van der Waals surface area contributed by atoms with E-state index in [1.807, 2.05) is 49.4 Å². The van der Waals surface area contributed by atoms with Gasteiger partial charge in [-0.05, 0) is 36.2 Å². The molecule has 2 aromatic rings. The topological polar surface area (TPSA) is 20.3 Å². The lowest BCUT2D eigenvalue weighted by Gasteiger charge is -2.25. The van der Waals surface area contributed by atoms with E-state index in [0.717, 1.165) is 11.1 Å². The molecule has 2 rings (SSSR count). The smallest absolute Gasteiger partial charge is 0.227 e. The summed E-state index contributed by atoms with van der Waals surface area (Å²) in [4.78, 5) is 14.1. The van der Waals surface area contributed by atoms with Crippen LogP contribution in [0.1, 0.15) is 24.1 Å². The highest BCUT2D eigenvalue weighted by Crippen LogP contribution is 2.22. The number of benzene rings is 2. The number of hydrogen-bond donors (Lipinski definition) is 0. The fourth-order valence-electron chi connectivity index (χ4n) is 2.11. The zero-order chi connectivity index (χ0) is 15.4. The summed E-state index contributed by atoms with van der Waals surface area (Å²) in [5, 5.41) is 1.31. The van der Waals surface area contributed by atoms with Crippen LogP contribution in [-0.2, 0) is 11.2 Å². The number of likely N-dealkylation sites (N-methyl/N-ethyl adjacent to an activating group) is 1. The van der Waals surface area contributed by atoms with Crippen molar-refractivity contribution < 1.29 is 4.79 Å². The molecule has 110 valence electrons. The largest absolute Gasteiger partial charge is 0.339 e. The predicted octanol–water partition coefficient (Wildman–Crippen LogP) is 4.76. The number of carbonyl (C=O) groups is 1. The van der Waals surface area contributed by atoms with Gasteiger partial charge in [-0.15, -0.1) is 0 Å². The summed E-state index contributed by atoms with van der Waals surface area (Å²) in [6.07, 6.45) is 0.300. The molecule has 1 unspecified atom stereocenters. The van der Waals surface area contributed by atoms with Crippen LogP contribution in [0.5, 0.6) is 0 Å². The Labute approximate surface area is 135 Å². The molecule has 0 aromatic heterocycles. The second kappa shape index (κ2) is 6.97. The molecule has 0 aliphatic carbocycles. The van der Waals surface area contributed by atoms with Crippen LogP contribution in [0, 0.1) is 0 Å². The monoisotopic (exact) mass is 321 g/mol. The van der Waals surface area contributed by atoms with Gasteiger partial charge in [-0.1, -0.05) is 53.5 Å². The van der Waals surface area contributed by atoms with E-state index in [4.69, 9.17) is 23.2 Å². The summed E-state index contributed by atoms with van der Waals surface area (Å²) >= 11 is 12.0. The minimum Gasteiger partial charge on any atom is -0.339 e. The third-order valence-electron chi connectivity index (χ3n) is 3.63. The van der Waals surface area contributed by atoms with E-state index in [9.17, 15) is 4.79 Å². The highest BCUT2D eigenvalue weighted by atomic mass is 35.5. The molecule has 4 heteroatoms. The van der Waals surface area contributed by atoms with Gasteiger partial charge < -0.3 is 4.90 Å². The van der Waals surface area contributed by atoms with Crippen LogP contribution < -0.4 is 0 Å². The van der Waals surface area contributed by atoms with Crippen LogP contribution in [0.2, 0.25) is 10.0 Å². The molecular formula is C17H17Cl2NO. The fourth-order valence-corrected chi connectivity index (χ4v) is 2.44. The number of nitrogens with zero attached hydrogens (tertiary/aromatic N) is 1. The molecule has 21 heavy (non-hydrogen) atoms. The van der Waals surface area contributed by atoms with Crippen LogP contribution in [0.3, 0.4) is 0 Å². The lowest BCUT2D eigenvalue weighted by atomic mass is 10.1. The molecular weight excluding hydrogens is 305 g/mol. The van der Waals surface area contributed by atoms with Gasteiger partial charge in [0.25, 0.3) is 0 Å². The number of rotatable bonds is 4. The number of halogens is 2. The first kappa shape index (κ1) is 15.9. The summed E-state index contributed by atoms with van der Waals surface area (Å²) in [5.74, 6) is 0.0329. The van der Waals surface area contributed by atoms with Gasteiger partial charge in [0, 0.05) is 17.1 Å². The minimum atomic E-state index is -0.0164. The molecule has 1 amide bonds. The van der Waals surface area contributed by atoms with Crippen LogP contribution >= 0.6 is 23.2 Å². The maximum absolute atomic E-state index is 12.4. The maximum atomic E-state index is 12.4. The molecule has 2 nitrogen and oxygen atoms in total. The average molecular weight is 322 g/mol. The Morgan fingerprint density at radius 1 is 1.10 bits per heavy atom. The first-order valence-electron chi connectivity index (χ1n) is 6.73. The number of carbonyl (C=O) groups excluding carboxylic acids is 1. The standard InChI is InChI=1S/C17H17Cl2NO/c1-12(13-7-9-15(18)10-8-13)20(2)17(21)11-14-5-3-4-6-16(14)19/h3-10,12H,11H2,1-2H3. The second-order valence-electron chi connectivity index (χ2n) is 5.00. The first-order valence-corrected chi connectivity index (χ1v) is 7.49. The van der Waals surface area contributed by atoms with E-state index in [1.165, 1.54) is 0 Å². The van der Waals surface area contributed by atoms with Gasteiger partial charge in [0.1, 0.15) is 0 Å². The molecule has 0 aliphatic rings. The van der Waals surface area contributed by atoms with Gasteiger partial charge in [-0.3, -0.25) is 4.79 Å². The Bertz CT molecular complexity index is 625. The molecule has 0 bridgehead atoms. The van der Waals surface area contributed by atoms with Gasteiger partial charge in [0.05, 0.1) is 12.5 Å². The van der Waals surface area contributed by atoms with Crippen LogP contribution in [0.15, 0.2) is 48.5 Å². The first-order chi connectivity index (χ1) is 9.99. The lowest BCUT2D eigenvalue weighted by Crippen LogP contribution is -2.31. The van der Waals surface area contributed by atoms with E-state index < -0.39 is 0 Å². The van der Waals surface area contributed by atoms with E-state index in [2.05, 4.69) is 0 Å². The predicted molar refractivity (Wildman–Crippen MR) is 87.8 cm³/mol. The normalized spacial score (nSPS) is 12.0. The highest BCUT2D eigenvalue weighted by molar-refractivity contribution is 6.31. The van der Waals surface area contributed by atoms with Crippen LogP contribution in [0.25, 0.3) is 0 Å². The molecule has 0 aliphatic heterocycles. The van der Waals surface area contributed by atoms with Crippen molar-refractivity contribution in [3.63, 3.8) is 0 Å². The van der Waals surface area contributed by atoms with Crippen molar-refractivity contribution in [2.24, 2.45) is 0 Å². The van der Waals surface area contributed by atoms with E-state index >= 15 is 0 Å². The van der Waals surface area contributed by atoms with Crippen molar-refractivity contribution in [2.75, 3.05) is 7.05 Å². The van der Waals surface area contributed by atoms with Gasteiger partial charge in [-0.2, -0.15) is 0 Å². The second-order valence-corrected chi connectivity index (χ2v) is 5.84. The molecule has 0 radical (unpaired) electrons. The SMILES string of the molecule is CC(c1ccc(Cl)cc1)N(C)C(=O)Cc1ccccc1Cl. The van der Waals surface area contributed by atoms with Crippen molar-refractivity contribution >= 4 is 29.1 Å². The van der Waals surface area contributed by atoms with Crippen molar-refractivity contribution in [3.8, 4) is 0 Å². The summed E-state index contributed by atoms with van der Waals surface area (Å²) in [7, 11) is 1.80. The molecule has 0 heterocycles. The quantitative estimate of drug-likeness (QED) is 0.795. The Morgan fingerprint density at radius 2 is 1.71 bits per heavy atom. The summed E-state index contributed by atoms with van der Waals surface area (Å²) < 4.78 is 0. The maximum Gasteiger partial charge on any atom is 0.227 e. The van der Waals surface area contributed by atoms with Crippen LogP contribution in [0.4, 0.5) is 0 Å². The molecule has 0 N–H and O–H groups in total. The van der Waals surface area contributed by atoms with Gasteiger partial charge in [0.2, 0.25) is 5.91 Å². The van der Waals surface area contributed by atoms with E-state index in [-0.39, 0.29) is 11.9 Å². The molecule has 0 spiro atoms. The Morgan fingerprint density at radius 3 is 2.33 bits per heavy atom. The molecule has 2 aromatic carbocycles. The Balaban J connectivity index is 2.08. The molecule has 0 fully saturated rings. The third-order valence-corrected chi connectivity index (χ3v) is 4.25. The Hall–Kier alpha value is -1.51. The minimum absolute atomic E-state index is 0.0164. The van der Waals surface area contributed by atoms with Crippen molar-refractivity contribution in [1.82, 2.24) is 4.90 Å². The summed E-state index contributed by atoms with van der Waals surface area (Å²) in [6, 6.07) is 14.9. The van der Waals surface area contributed by atoms with Gasteiger partial charge >= 0.3 is 0 Å². The van der Waals surface area contributed by atoms with Crippen molar-refractivity contribution in [2.45, 2.75) is 19.4 Å². The third kappa shape index (κ3) is 3.99. The Kier molecular flexibility index (Phi) is 5.27. The zero-order valence-electron chi connectivity index (χ0n) is 12.0. The summed E-state index contributed by atoms with van der Waals surface area (Å²) in [6.45, 7) is 1.99. The molecule has 0 saturated heterocycles. The molecule has 1 atom stereocenters. The number of amides is 1. The average Bonchev–Trinajstić information content (AvgIpc) is 2.49. The molecule has 0 saturated carbocycles. The zero-order valence-corrected chi connectivity index (χ0v) is 13.5. The van der Waals surface area contributed by atoms with Crippen LogP contribution in [-0.4, -0.2) is 17.9 Å². The number of hydrogen-bond acceptors (Lipinski definition) is 1. The van der Waals surface area contributed by atoms with Gasteiger partial charge in [-0.25, -0.2) is 0 Å². The fraction of sp³-hybridized carbons (Fsp3) is 0.235. The summed E-state index contributed by atoms with van der Waals surface area (Å²) in [5.41, 5.74) is 1.90. The lowest BCUT2D eigenvalue weighted by molar-refractivity contribution is -0.131. The highest BCUT2D eigenvalue weighted by Gasteiger charge is 2.18. The van der Waals surface area contributed by atoms with E-state index in [1.54, 1.807) is 18.0 Å². The van der Waals surface area contributed by atoms with E-state index in [0.29, 0.717) is 16.5 Å². The van der Waals surface area contributed by atoms with Crippen molar-refractivity contribution in [3.05, 3.63) is 69.7 Å². The van der Waals surface area contributed by atoms with Gasteiger partial charge in [0.15, 0.2) is 0 Å². The van der Waals surface area contributed by atoms with Crippen molar-refractivity contribution in [1.29, 1.82) is 0 Å².